The molecule has 4 rings (SSSR count). The normalized spacial score (nSPS) is 18.7. The third kappa shape index (κ3) is 5.67. The molecule has 154 valence electrons. The van der Waals surface area contributed by atoms with E-state index in [4.69, 9.17) is 4.99 Å². The monoisotopic (exact) mass is 393 g/mol. The summed E-state index contributed by atoms with van der Waals surface area (Å²) in [5, 5.41) is 3.55. The summed E-state index contributed by atoms with van der Waals surface area (Å²) in [6.07, 6.45) is 7.44. The van der Waals surface area contributed by atoms with Crippen LogP contribution in [0.3, 0.4) is 0 Å². The lowest BCUT2D eigenvalue weighted by Gasteiger charge is -2.34. The number of piperazine rings is 1. The molecule has 0 radical (unpaired) electrons. The molecule has 1 aromatic heterocycles. The number of hydrogen-bond acceptors (Lipinski definition) is 5. The van der Waals surface area contributed by atoms with Gasteiger partial charge in [-0.05, 0) is 37.5 Å². The van der Waals surface area contributed by atoms with Crippen LogP contribution >= 0.6 is 0 Å². The van der Waals surface area contributed by atoms with Crippen LogP contribution in [-0.2, 0) is 0 Å². The fourth-order valence-electron chi connectivity index (χ4n) is 3.90. The predicted molar refractivity (Wildman–Crippen MR) is 118 cm³/mol. The fraction of sp³-hybridized carbons (Fsp3) is 0.500. The third-order valence-corrected chi connectivity index (χ3v) is 5.57. The van der Waals surface area contributed by atoms with Crippen molar-refractivity contribution in [2.24, 2.45) is 4.99 Å². The lowest BCUT2D eigenvalue weighted by molar-refractivity contribution is 0.263. The van der Waals surface area contributed by atoms with Crippen molar-refractivity contribution in [3.05, 3.63) is 48.8 Å². The van der Waals surface area contributed by atoms with Crippen LogP contribution in [0.5, 0.6) is 0 Å². The Morgan fingerprint density at radius 3 is 2.31 bits per heavy atom. The van der Waals surface area contributed by atoms with Crippen molar-refractivity contribution in [2.45, 2.75) is 19.3 Å². The van der Waals surface area contributed by atoms with Crippen molar-refractivity contribution in [1.82, 2.24) is 19.8 Å². The zero-order valence-corrected chi connectivity index (χ0v) is 17.1. The first kappa shape index (κ1) is 19.6. The van der Waals surface area contributed by atoms with Gasteiger partial charge in [0.05, 0.1) is 6.54 Å². The lowest BCUT2D eigenvalue weighted by Crippen LogP contribution is -2.48. The second-order valence-corrected chi connectivity index (χ2v) is 7.62. The van der Waals surface area contributed by atoms with Crippen molar-refractivity contribution in [3.8, 4) is 0 Å². The Bertz CT molecular complexity index is 751. The lowest BCUT2D eigenvalue weighted by atomic mass is 10.1. The largest absolute Gasteiger partial charge is 0.343 e. The highest BCUT2D eigenvalue weighted by Crippen LogP contribution is 2.13. The number of likely N-dealkylation sites (tertiary alicyclic amines) is 1. The van der Waals surface area contributed by atoms with E-state index < -0.39 is 0 Å². The van der Waals surface area contributed by atoms with E-state index in [1.165, 1.54) is 19.3 Å². The molecule has 2 aliphatic heterocycles. The first-order valence-corrected chi connectivity index (χ1v) is 10.7. The number of nitrogens with zero attached hydrogens (tertiary/aromatic N) is 6. The van der Waals surface area contributed by atoms with Gasteiger partial charge in [0.2, 0.25) is 5.95 Å². The van der Waals surface area contributed by atoms with Gasteiger partial charge in [-0.3, -0.25) is 9.89 Å². The van der Waals surface area contributed by atoms with E-state index in [0.717, 1.165) is 70.0 Å². The molecule has 1 aromatic carbocycles. The van der Waals surface area contributed by atoms with Crippen molar-refractivity contribution < 1.29 is 0 Å². The molecule has 2 aromatic rings. The Balaban J connectivity index is 1.30. The molecule has 0 spiro atoms. The molecule has 2 saturated heterocycles. The number of nitrogens with one attached hydrogen (secondary N) is 1. The van der Waals surface area contributed by atoms with E-state index in [0.29, 0.717) is 0 Å². The number of piperidine rings is 1. The Kier molecular flexibility index (Phi) is 6.91. The van der Waals surface area contributed by atoms with Crippen LogP contribution in [0.25, 0.3) is 0 Å². The molecule has 1 N–H and O–H groups in total. The molecule has 0 amide bonds. The standard InChI is InChI=1S/C22H31N7/c1-3-8-20(9-4-1)26-22(28-13-5-2-6-14-28)25-12-15-27-16-18-29(19-17-27)21-23-10-7-11-24-21/h1,3-4,7-11H,2,5-6,12-19H2,(H,25,26). The summed E-state index contributed by atoms with van der Waals surface area (Å²) >= 11 is 0. The van der Waals surface area contributed by atoms with E-state index >= 15 is 0 Å². The number of para-hydroxylation sites is 1. The minimum absolute atomic E-state index is 0.813. The molecule has 3 heterocycles. The van der Waals surface area contributed by atoms with E-state index in [9.17, 15) is 0 Å². The van der Waals surface area contributed by atoms with Crippen LogP contribution in [0.1, 0.15) is 19.3 Å². The maximum Gasteiger partial charge on any atom is 0.225 e. The zero-order chi connectivity index (χ0) is 19.7. The highest BCUT2D eigenvalue weighted by Gasteiger charge is 2.19. The predicted octanol–water partition coefficient (Wildman–Crippen LogP) is 2.55. The smallest absolute Gasteiger partial charge is 0.225 e. The number of benzene rings is 1. The first-order chi connectivity index (χ1) is 14.4. The van der Waals surface area contributed by atoms with Gasteiger partial charge in [-0.15, -0.1) is 0 Å². The molecule has 0 atom stereocenters. The quantitative estimate of drug-likeness (QED) is 0.622. The van der Waals surface area contributed by atoms with E-state index in [-0.39, 0.29) is 0 Å². The summed E-state index contributed by atoms with van der Waals surface area (Å²) in [5.74, 6) is 1.86. The van der Waals surface area contributed by atoms with Crippen LogP contribution in [0.15, 0.2) is 53.8 Å². The van der Waals surface area contributed by atoms with Gasteiger partial charge in [-0.2, -0.15) is 0 Å². The fourth-order valence-corrected chi connectivity index (χ4v) is 3.90. The van der Waals surface area contributed by atoms with Crippen LogP contribution in [0, 0.1) is 0 Å². The molecular weight excluding hydrogens is 362 g/mol. The molecule has 0 aliphatic carbocycles. The minimum Gasteiger partial charge on any atom is -0.343 e. The van der Waals surface area contributed by atoms with Gasteiger partial charge in [0.15, 0.2) is 5.96 Å². The highest BCUT2D eigenvalue weighted by atomic mass is 15.3. The number of rotatable bonds is 5. The number of aliphatic imine (C=N–C) groups is 1. The van der Waals surface area contributed by atoms with E-state index in [2.05, 4.69) is 54.2 Å². The number of aromatic nitrogens is 2. The van der Waals surface area contributed by atoms with Gasteiger partial charge >= 0.3 is 0 Å². The topological polar surface area (TPSA) is 59.9 Å². The van der Waals surface area contributed by atoms with Gasteiger partial charge in [0.25, 0.3) is 0 Å². The second-order valence-electron chi connectivity index (χ2n) is 7.62. The molecule has 2 aliphatic rings. The molecule has 0 unspecified atom stereocenters. The highest BCUT2D eigenvalue weighted by molar-refractivity contribution is 5.93. The van der Waals surface area contributed by atoms with Crippen molar-refractivity contribution in [3.63, 3.8) is 0 Å². The maximum atomic E-state index is 4.97. The zero-order valence-electron chi connectivity index (χ0n) is 17.1. The summed E-state index contributed by atoms with van der Waals surface area (Å²) < 4.78 is 0. The van der Waals surface area contributed by atoms with Crippen molar-refractivity contribution >= 4 is 17.6 Å². The number of anilines is 2. The molecule has 0 bridgehead atoms. The Hall–Kier alpha value is -2.67. The van der Waals surface area contributed by atoms with Gasteiger partial charge in [-0.25, -0.2) is 9.97 Å². The van der Waals surface area contributed by atoms with Crippen LogP contribution in [0.2, 0.25) is 0 Å². The van der Waals surface area contributed by atoms with E-state index in [1.807, 2.05) is 24.5 Å². The first-order valence-electron chi connectivity index (χ1n) is 10.7. The Morgan fingerprint density at radius 2 is 1.59 bits per heavy atom. The van der Waals surface area contributed by atoms with Crippen LogP contribution in [-0.4, -0.2) is 78.1 Å². The average Bonchev–Trinajstić information content (AvgIpc) is 2.81. The summed E-state index contributed by atoms with van der Waals surface area (Å²) in [5.41, 5.74) is 1.10. The molecule has 29 heavy (non-hydrogen) atoms. The number of hydrogen-bond donors (Lipinski definition) is 1. The van der Waals surface area contributed by atoms with Crippen LogP contribution < -0.4 is 10.2 Å². The second kappa shape index (κ2) is 10.2. The maximum absolute atomic E-state index is 4.97. The molecule has 0 saturated carbocycles. The Morgan fingerprint density at radius 1 is 0.862 bits per heavy atom. The van der Waals surface area contributed by atoms with Gasteiger partial charge < -0.3 is 15.1 Å². The van der Waals surface area contributed by atoms with Crippen LogP contribution in [0.4, 0.5) is 11.6 Å². The summed E-state index contributed by atoms with van der Waals surface area (Å²) in [6, 6.07) is 12.2. The number of guanidine groups is 1. The Labute approximate surface area is 173 Å². The third-order valence-electron chi connectivity index (χ3n) is 5.57. The van der Waals surface area contributed by atoms with Crippen molar-refractivity contribution in [1.29, 1.82) is 0 Å². The summed E-state index contributed by atoms with van der Waals surface area (Å²) in [6.45, 7) is 7.97. The van der Waals surface area contributed by atoms with Gasteiger partial charge in [0.1, 0.15) is 0 Å². The SMILES string of the molecule is c1ccc(NC(=NCCN2CCN(c3ncccn3)CC2)N2CCCCC2)cc1. The molecular formula is C22H31N7. The summed E-state index contributed by atoms with van der Waals surface area (Å²) in [4.78, 5) is 20.8. The molecule has 7 heteroatoms. The summed E-state index contributed by atoms with van der Waals surface area (Å²) in [7, 11) is 0. The molecule has 2 fully saturated rings. The van der Waals surface area contributed by atoms with Gasteiger partial charge in [0, 0.05) is 63.9 Å². The minimum atomic E-state index is 0.813. The average molecular weight is 394 g/mol. The van der Waals surface area contributed by atoms with Crippen molar-refractivity contribution in [2.75, 3.05) is 62.6 Å². The van der Waals surface area contributed by atoms with E-state index in [1.54, 1.807) is 0 Å². The molecule has 7 nitrogen and oxygen atoms in total. The van der Waals surface area contributed by atoms with Gasteiger partial charge in [-0.1, -0.05) is 18.2 Å².